The fourth-order valence-electron chi connectivity index (χ4n) is 2.14. The number of rotatable bonds is 2. The number of nitrogens with zero attached hydrogens (tertiary/aromatic N) is 2. The molecule has 5 heteroatoms. The van der Waals surface area contributed by atoms with Crippen LogP contribution in [0, 0.1) is 0 Å². The highest BCUT2D eigenvalue weighted by Crippen LogP contribution is 2.30. The van der Waals surface area contributed by atoms with E-state index < -0.39 is 0 Å². The zero-order chi connectivity index (χ0) is 14.8. The van der Waals surface area contributed by atoms with E-state index >= 15 is 0 Å². The molecule has 0 aliphatic heterocycles. The minimum Gasteiger partial charge on any atom is -0.507 e. The molecular formula is C16H14N4O. The molecule has 3 aromatic rings. The zero-order valence-corrected chi connectivity index (χ0v) is 11.2. The molecule has 3 rings (SSSR count). The van der Waals surface area contributed by atoms with Crippen LogP contribution in [0.5, 0.6) is 5.75 Å². The third kappa shape index (κ3) is 2.62. The van der Waals surface area contributed by atoms with E-state index in [1.807, 2.05) is 24.3 Å². The molecule has 2 aromatic carbocycles. The van der Waals surface area contributed by atoms with Crippen LogP contribution < -0.4 is 11.5 Å². The summed E-state index contributed by atoms with van der Waals surface area (Å²) in [4.78, 5) is 8.42. The van der Waals surface area contributed by atoms with Crippen molar-refractivity contribution in [1.82, 2.24) is 9.97 Å². The average molecular weight is 278 g/mol. The Morgan fingerprint density at radius 1 is 0.810 bits per heavy atom. The molecule has 21 heavy (non-hydrogen) atoms. The molecule has 0 amide bonds. The number of phenolic OH excluding ortho intramolecular Hbond substituents is 1. The quantitative estimate of drug-likeness (QED) is 0.626. The highest BCUT2D eigenvalue weighted by Gasteiger charge is 2.10. The summed E-state index contributed by atoms with van der Waals surface area (Å²) in [5.74, 6) is 0.294. The van der Waals surface area contributed by atoms with E-state index in [0.717, 1.165) is 5.56 Å². The first-order valence-electron chi connectivity index (χ1n) is 6.42. The lowest BCUT2D eigenvalue weighted by Gasteiger charge is -2.08. The van der Waals surface area contributed by atoms with Crippen LogP contribution >= 0.6 is 0 Å². The Balaban J connectivity index is 2.15. The largest absolute Gasteiger partial charge is 0.507 e. The number of nitrogens with two attached hydrogens (primary N) is 2. The predicted molar refractivity (Wildman–Crippen MR) is 83.4 cm³/mol. The Morgan fingerprint density at radius 2 is 1.57 bits per heavy atom. The van der Waals surface area contributed by atoms with Gasteiger partial charge >= 0.3 is 0 Å². The summed E-state index contributed by atoms with van der Waals surface area (Å²) in [7, 11) is 0. The van der Waals surface area contributed by atoms with Crippen LogP contribution in [0.2, 0.25) is 0 Å². The van der Waals surface area contributed by atoms with Crippen molar-refractivity contribution in [2.24, 2.45) is 0 Å². The van der Waals surface area contributed by atoms with Crippen LogP contribution in [0.1, 0.15) is 0 Å². The Bertz CT molecular complexity index is 802. The Kier molecular flexibility index (Phi) is 3.16. The van der Waals surface area contributed by atoms with Gasteiger partial charge in [0.25, 0.3) is 0 Å². The van der Waals surface area contributed by atoms with Crippen molar-refractivity contribution < 1.29 is 5.11 Å². The topological polar surface area (TPSA) is 98.0 Å². The van der Waals surface area contributed by atoms with Crippen molar-refractivity contribution in [2.45, 2.75) is 0 Å². The number of phenols is 1. The van der Waals surface area contributed by atoms with Crippen LogP contribution in [0.4, 0.5) is 11.6 Å². The predicted octanol–water partition coefficient (Wildman–Crippen LogP) is 2.68. The summed E-state index contributed by atoms with van der Waals surface area (Å²) in [5.41, 5.74) is 14.9. The zero-order valence-electron chi connectivity index (χ0n) is 11.2. The molecule has 0 unspecified atom stereocenters. The van der Waals surface area contributed by atoms with Crippen molar-refractivity contribution in [3.63, 3.8) is 0 Å². The van der Waals surface area contributed by atoms with Crippen LogP contribution in [0.25, 0.3) is 22.5 Å². The lowest BCUT2D eigenvalue weighted by molar-refractivity contribution is 0.477. The molecular weight excluding hydrogens is 264 g/mol. The van der Waals surface area contributed by atoms with E-state index in [0.29, 0.717) is 22.6 Å². The van der Waals surface area contributed by atoms with Gasteiger partial charge in [0, 0.05) is 16.8 Å². The SMILES string of the molecule is Nc1cccc(-c2cc(-c3ccccc3O)nc(N)n2)c1. The molecule has 0 aliphatic carbocycles. The molecule has 0 radical (unpaired) electrons. The molecule has 0 bridgehead atoms. The van der Waals surface area contributed by atoms with E-state index in [-0.39, 0.29) is 11.7 Å². The third-order valence-electron chi connectivity index (χ3n) is 3.11. The van der Waals surface area contributed by atoms with E-state index in [2.05, 4.69) is 9.97 Å². The van der Waals surface area contributed by atoms with Gasteiger partial charge in [0.05, 0.1) is 11.4 Å². The number of hydrogen-bond acceptors (Lipinski definition) is 5. The van der Waals surface area contributed by atoms with Crippen molar-refractivity contribution in [3.05, 3.63) is 54.6 Å². The summed E-state index contributed by atoms with van der Waals surface area (Å²) in [6, 6.07) is 16.1. The second kappa shape index (κ2) is 5.13. The molecule has 0 saturated carbocycles. The maximum atomic E-state index is 9.94. The van der Waals surface area contributed by atoms with Crippen molar-refractivity contribution in [3.8, 4) is 28.3 Å². The number of nitrogen functional groups attached to an aromatic ring is 2. The highest BCUT2D eigenvalue weighted by molar-refractivity contribution is 5.73. The first kappa shape index (κ1) is 12.9. The fraction of sp³-hybridized carbons (Fsp3) is 0. The minimum atomic E-state index is 0.146. The van der Waals surface area contributed by atoms with Gasteiger partial charge in [-0.3, -0.25) is 0 Å². The van der Waals surface area contributed by atoms with E-state index in [4.69, 9.17) is 11.5 Å². The van der Waals surface area contributed by atoms with Gasteiger partial charge in [0.2, 0.25) is 5.95 Å². The van der Waals surface area contributed by atoms with Gasteiger partial charge in [-0.15, -0.1) is 0 Å². The minimum absolute atomic E-state index is 0.146. The van der Waals surface area contributed by atoms with Gasteiger partial charge in [-0.05, 0) is 30.3 Å². The lowest BCUT2D eigenvalue weighted by atomic mass is 10.1. The summed E-state index contributed by atoms with van der Waals surface area (Å²) in [5, 5.41) is 9.94. The number of benzene rings is 2. The number of para-hydroxylation sites is 1. The molecule has 1 aromatic heterocycles. The van der Waals surface area contributed by atoms with Gasteiger partial charge in [-0.2, -0.15) is 0 Å². The Labute approximate surface area is 121 Å². The second-order valence-corrected chi connectivity index (χ2v) is 4.64. The first-order chi connectivity index (χ1) is 10.1. The molecule has 0 saturated heterocycles. The molecule has 5 nitrogen and oxygen atoms in total. The second-order valence-electron chi connectivity index (χ2n) is 4.64. The van der Waals surface area contributed by atoms with Gasteiger partial charge in [-0.25, -0.2) is 9.97 Å². The van der Waals surface area contributed by atoms with E-state index in [1.165, 1.54) is 0 Å². The molecule has 0 fully saturated rings. The number of aromatic nitrogens is 2. The molecule has 0 spiro atoms. The van der Waals surface area contributed by atoms with Crippen LogP contribution in [0.15, 0.2) is 54.6 Å². The van der Waals surface area contributed by atoms with E-state index in [1.54, 1.807) is 30.3 Å². The van der Waals surface area contributed by atoms with Crippen molar-refractivity contribution in [1.29, 1.82) is 0 Å². The van der Waals surface area contributed by atoms with E-state index in [9.17, 15) is 5.11 Å². The monoisotopic (exact) mass is 278 g/mol. The summed E-state index contributed by atoms with van der Waals surface area (Å²) >= 11 is 0. The number of anilines is 2. The van der Waals surface area contributed by atoms with Crippen LogP contribution in [-0.2, 0) is 0 Å². The molecule has 5 N–H and O–H groups in total. The van der Waals surface area contributed by atoms with Gasteiger partial charge in [0.1, 0.15) is 5.75 Å². The summed E-state index contributed by atoms with van der Waals surface area (Å²) < 4.78 is 0. The van der Waals surface area contributed by atoms with Crippen LogP contribution in [0.3, 0.4) is 0 Å². The lowest BCUT2D eigenvalue weighted by Crippen LogP contribution is -1.99. The van der Waals surface area contributed by atoms with Crippen LogP contribution in [-0.4, -0.2) is 15.1 Å². The van der Waals surface area contributed by atoms with Gasteiger partial charge < -0.3 is 16.6 Å². The fourth-order valence-corrected chi connectivity index (χ4v) is 2.14. The molecule has 0 atom stereocenters. The number of aromatic hydroxyl groups is 1. The maximum Gasteiger partial charge on any atom is 0.221 e. The summed E-state index contributed by atoms with van der Waals surface area (Å²) in [6.07, 6.45) is 0. The first-order valence-corrected chi connectivity index (χ1v) is 6.42. The third-order valence-corrected chi connectivity index (χ3v) is 3.11. The molecule has 0 aliphatic rings. The molecule has 104 valence electrons. The summed E-state index contributed by atoms with van der Waals surface area (Å²) in [6.45, 7) is 0. The van der Waals surface area contributed by atoms with Gasteiger partial charge in [0.15, 0.2) is 0 Å². The smallest absolute Gasteiger partial charge is 0.221 e. The maximum absolute atomic E-state index is 9.94. The van der Waals surface area contributed by atoms with Gasteiger partial charge in [-0.1, -0.05) is 24.3 Å². The normalized spacial score (nSPS) is 10.5. The highest BCUT2D eigenvalue weighted by atomic mass is 16.3. The Morgan fingerprint density at radius 3 is 2.33 bits per heavy atom. The van der Waals surface area contributed by atoms with Crippen molar-refractivity contribution >= 4 is 11.6 Å². The standard InChI is InChI=1S/C16H14N4O/c17-11-5-3-4-10(8-11)13-9-14(20-16(18)19-13)12-6-1-2-7-15(12)21/h1-9,21H,17H2,(H2,18,19,20). The Hall–Kier alpha value is -3.08. The average Bonchev–Trinajstić information content (AvgIpc) is 2.47. The number of hydrogen-bond donors (Lipinski definition) is 3. The molecule has 1 heterocycles. The van der Waals surface area contributed by atoms with Crippen molar-refractivity contribution in [2.75, 3.05) is 11.5 Å².